The highest BCUT2D eigenvalue weighted by molar-refractivity contribution is 6.32. The lowest BCUT2D eigenvalue weighted by Gasteiger charge is -2.18. The molecule has 1 heterocycles. The number of halogens is 4. The molecule has 0 fully saturated rings. The fraction of sp³-hybridized carbons (Fsp3) is 0.185. The predicted molar refractivity (Wildman–Crippen MR) is 133 cm³/mol. The standard InChI is InChI=1S/C27H21ClF3NO6/c1-15-25(26(36-14-35-16(2)34)22-12-23(28)18(13-33)11-24(22)32-15)17-3-5-19(6-4-17)37-20-7-9-21(10-8-20)38-27(29,30)31/h3-12,33H,13-14H2,1-2H3. The van der Waals surface area contributed by atoms with E-state index in [1.165, 1.54) is 19.1 Å². The van der Waals surface area contributed by atoms with Gasteiger partial charge in [0.25, 0.3) is 0 Å². The molecular formula is C27H21ClF3NO6. The average Bonchev–Trinajstić information content (AvgIpc) is 2.85. The van der Waals surface area contributed by atoms with Gasteiger partial charge < -0.3 is 24.1 Å². The normalized spacial score (nSPS) is 11.3. The second-order valence-electron chi connectivity index (χ2n) is 8.06. The van der Waals surface area contributed by atoms with E-state index in [-0.39, 0.29) is 19.1 Å². The second-order valence-corrected chi connectivity index (χ2v) is 8.47. The number of carbonyl (C=O) groups is 1. The Balaban J connectivity index is 1.66. The zero-order chi connectivity index (χ0) is 27.4. The molecule has 4 rings (SSSR count). The molecule has 38 heavy (non-hydrogen) atoms. The van der Waals surface area contributed by atoms with Gasteiger partial charge in [0.15, 0.2) is 0 Å². The van der Waals surface area contributed by atoms with Crippen molar-refractivity contribution in [3.05, 3.63) is 76.9 Å². The van der Waals surface area contributed by atoms with Gasteiger partial charge in [0.2, 0.25) is 6.79 Å². The van der Waals surface area contributed by atoms with Crippen LogP contribution in [0.25, 0.3) is 22.0 Å². The largest absolute Gasteiger partial charge is 0.573 e. The SMILES string of the molecule is CC(=O)OCOc1c(-c2ccc(Oc3ccc(OC(F)(F)F)cc3)cc2)c(C)nc2cc(CO)c(Cl)cc12. The van der Waals surface area contributed by atoms with E-state index in [2.05, 4.69) is 9.72 Å². The molecule has 0 bridgehead atoms. The highest BCUT2D eigenvalue weighted by atomic mass is 35.5. The Kier molecular flexibility index (Phi) is 7.94. The van der Waals surface area contributed by atoms with Crippen LogP contribution in [0.1, 0.15) is 18.2 Å². The number of carbonyl (C=O) groups excluding carboxylic acids is 1. The smallest absolute Gasteiger partial charge is 0.457 e. The van der Waals surface area contributed by atoms with Crippen molar-refractivity contribution in [2.24, 2.45) is 0 Å². The van der Waals surface area contributed by atoms with Crippen LogP contribution >= 0.6 is 11.6 Å². The average molecular weight is 548 g/mol. The minimum Gasteiger partial charge on any atom is -0.457 e. The summed E-state index contributed by atoms with van der Waals surface area (Å²) < 4.78 is 57.5. The molecule has 0 aliphatic heterocycles. The maximum absolute atomic E-state index is 12.4. The van der Waals surface area contributed by atoms with Crippen LogP contribution in [-0.2, 0) is 16.1 Å². The number of fused-ring (bicyclic) bond motifs is 1. The van der Waals surface area contributed by atoms with Crippen molar-refractivity contribution in [2.75, 3.05) is 6.79 Å². The van der Waals surface area contributed by atoms with E-state index in [0.29, 0.717) is 55.6 Å². The molecule has 3 aromatic carbocycles. The molecule has 1 aromatic heterocycles. The second kappa shape index (κ2) is 11.2. The maximum Gasteiger partial charge on any atom is 0.573 e. The molecule has 0 aliphatic carbocycles. The summed E-state index contributed by atoms with van der Waals surface area (Å²) in [6.07, 6.45) is -4.78. The number of aromatic nitrogens is 1. The molecule has 0 saturated heterocycles. The summed E-state index contributed by atoms with van der Waals surface area (Å²) >= 11 is 6.33. The number of aryl methyl sites for hydroxylation is 1. The summed E-state index contributed by atoms with van der Waals surface area (Å²) in [6, 6.07) is 15.2. The van der Waals surface area contributed by atoms with Crippen LogP contribution in [0, 0.1) is 6.92 Å². The molecule has 0 aliphatic rings. The molecule has 0 unspecified atom stereocenters. The monoisotopic (exact) mass is 547 g/mol. The van der Waals surface area contributed by atoms with Crippen LogP contribution in [0.3, 0.4) is 0 Å². The Morgan fingerprint density at radius 1 is 1.00 bits per heavy atom. The van der Waals surface area contributed by atoms with Gasteiger partial charge in [0.05, 0.1) is 12.1 Å². The lowest BCUT2D eigenvalue weighted by molar-refractivity contribution is -0.274. The number of esters is 1. The van der Waals surface area contributed by atoms with Gasteiger partial charge in [0.1, 0.15) is 23.0 Å². The third kappa shape index (κ3) is 6.45. The number of aliphatic hydroxyl groups excluding tert-OH is 1. The van der Waals surface area contributed by atoms with Gasteiger partial charge in [-0.05, 0) is 66.6 Å². The first-order valence-corrected chi connectivity index (χ1v) is 11.6. The Morgan fingerprint density at radius 3 is 2.18 bits per heavy atom. The van der Waals surface area contributed by atoms with Gasteiger partial charge in [0, 0.05) is 28.6 Å². The van der Waals surface area contributed by atoms with Crippen molar-refractivity contribution < 1.29 is 42.0 Å². The summed E-state index contributed by atoms with van der Waals surface area (Å²) in [6.45, 7) is 2.45. The number of benzene rings is 3. The van der Waals surface area contributed by atoms with Crippen LogP contribution in [0.5, 0.6) is 23.0 Å². The summed E-state index contributed by atoms with van der Waals surface area (Å²) in [7, 11) is 0. The predicted octanol–water partition coefficient (Wildman–Crippen LogP) is 6.95. The highest BCUT2D eigenvalue weighted by Crippen LogP contribution is 2.41. The number of alkyl halides is 3. The zero-order valence-corrected chi connectivity index (χ0v) is 20.9. The fourth-order valence-electron chi connectivity index (χ4n) is 3.73. The van der Waals surface area contributed by atoms with Gasteiger partial charge in [-0.2, -0.15) is 0 Å². The Morgan fingerprint density at radius 2 is 1.61 bits per heavy atom. The van der Waals surface area contributed by atoms with Crippen LogP contribution in [-0.4, -0.2) is 29.2 Å². The number of hydrogen-bond acceptors (Lipinski definition) is 7. The lowest BCUT2D eigenvalue weighted by Crippen LogP contribution is -2.16. The summed E-state index contributed by atoms with van der Waals surface area (Å²) in [5.41, 5.74) is 2.98. The van der Waals surface area contributed by atoms with E-state index in [4.69, 9.17) is 25.8 Å². The summed E-state index contributed by atoms with van der Waals surface area (Å²) in [5, 5.41) is 10.5. The first kappa shape index (κ1) is 27.0. The van der Waals surface area contributed by atoms with Crippen molar-refractivity contribution in [1.82, 2.24) is 4.98 Å². The lowest BCUT2D eigenvalue weighted by atomic mass is 9.99. The first-order chi connectivity index (χ1) is 18.0. The van der Waals surface area contributed by atoms with Crippen LogP contribution < -0.4 is 14.2 Å². The van der Waals surface area contributed by atoms with Crippen LogP contribution in [0.2, 0.25) is 5.02 Å². The third-order valence-corrected chi connectivity index (χ3v) is 5.71. The quantitative estimate of drug-likeness (QED) is 0.189. The van der Waals surface area contributed by atoms with Crippen LogP contribution in [0.15, 0.2) is 60.7 Å². The van der Waals surface area contributed by atoms with Gasteiger partial charge >= 0.3 is 12.3 Å². The summed E-state index contributed by atoms with van der Waals surface area (Å²) in [4.78, 5) is 15.9. The molecule has 0 radical (unpaired) electrons. The molecule has 7 nitrogen and oxygen atoms in total. The number of ether oxygens (including phenoxy) is 4. The molecule has 0 saturated carbocycles. The highest BCUT2D eigenvalue weighted by Gasteiger charge is 2.31. The van der Waals surface area contributed by atoms with E-state index >= 15 is 0 Å². The van der Waals surface area contributed by atoms with E-state index in [9.17, 15) is 23.1 Å². The van der Waals surface area contributed by atoms with E-state index in [0.717, 1.165) is 12.1 Å². The Labute approximate surface area is 220 Å². The van der Waals surface area contributed by atoms with Gasteiger partial charge in [-0.1, -0.05) is 23.7 Å². The molecule has 0 atom stereocenters. The third-order valence-electron chi connectivity index (χ3n) is 5.36. The van der Waals surface area contributed by atoms with E-state index < -0.39 is 12.3 Å². The van der Waals surface area contributed by atoms with Crippen LogP contribution in [0.4, 0.5) is 13.2 Å². The van der Waals surface area contributed by atoms with E-state index in [1.54, 1.807) is 43.3 Å². The topological polar surface area (TPSA) is 87.1 Å². The number of pyridine rings is 1. The molecule has 198 valence electrons. The van der Waals surface area contributed by atoms with E-state index in [1.807, 2.05) is 0 Å². The molecule has 4 aromatic rings. The number of aliphatic hydroxyl groups is 1. The van der Waals surface area contributed by atoms with Gasteiger partial charge in [-0.3, -0.25) is 9.78 Å². The van der Waals surface area contributed by atoms with Crippen molar-refractivity contribution in [2.45, 2.75) is 26.8 Å². The maximum atomic E-state index is 12.4. The van der Waals surface area contributed by atoms with Crippen molar-refractivity contribution >= 4 is 28.5 Å². The van der Waals surface area contributed by atoms with Crippen molar-refractivity contribution in [3.8, 4) is 34.1 Å². The molecule has 11 heteroatoms. The zero-order valence-electron chi connectivity index (χ0n) is 20.1. The number of hydrogen-bond donors (Lipinski definition) is 1. The molecule has 0 amide bonds. The molecular weight excluding hydrogens is 527 g/mol. The molecule has 0 spiro atoms. The first-order valence-electron chi connectivity index (χ1n) is 11.2. The minimum atomic E-state index is -4.78. The van der Waals surface area contributed by atoms with Crippen molar-refractivity contribution in [1.29, 1.82) is 0 Å². The summed E-state index contributed by atoms with van der Waals surface area (Å²) in [5.74, 6) is 0.265. The van der Waals surface area contributed by atoms with Gasteiger partial charge in [-0.15, -0.1) is 13.2 Å². The molecule has 1 N–H and O–H groups in total. The Hall–Kier alpha value is -4.02. The number of rotatable bonds is 8. The Bertz CT molecular complexity index is 1460. The fourth-order valence-corrected chi connectivity index (χ4v) is 3.96. The number of nitrogens with zero attached hydrogens (tertiary/aromatic N) is 1. The van der Waals surface area contributed by atoms with Gasteiger partial charge in [-0.25, -0.2) is 0 Å². The van der Waals surface area contributed by atoms with Crippen molar-refractivity contribution in [3.63, 3.8) is 0 Å². The minimum absolute atomic E-state index is 0.263.